The first-order valence-corrected chi connectivity index (χ1v) is 6.39. The number of nitrogens with one attached hydrogen (secondary N) is 1. The number of hydrogen-bond acceptors (Lipinski definition) is 4. The molecule has 1 aliphatic heterocycles. The molecule has 0 spiro atoms. The Bertz CT molecular complexity index is 332. The highest BCUT2D eigenvalue weighted by Gasteiger charge is 2.32. The van der Waals surface area contributed by atoms with Crippen molar-refractivity contribution >= 4 is 27.9 Å². The van der Waals surface area contributed by atoms with Crippen LogP contribution in [0.1, 0.15) is 6.42 Å². The second-order valence-corrected chi connectivity index (χ2v) is 5.24. The van der Waals surface area contributed by atoms with Gasteiger partial charge in [0.05, 0.1) is 7.11 Å². The van der Waals surface area contributed by atoms with Crippen LogP contribution in [0, 0.1) is 5.92 Å². The van der Waals surface area contributed by atoms with Gasteiger partial charge in [0.2, 0.25) is 0 Å². The Morgan fingerprint density at radius 2 is 2.33 bits per heavy atom. The topological polar surface area (TPSA) is 75.7 Å². The Balaban J connectivity index is 2.60. The Labute approximate surface area is 93.7 Å². The molecule has 1 rings (SSSR count). The summed E-state index contributed by atoms with van der Waals surface area (Å²) >= 11 is 5.62. The molecular weight excluding hydrogens is 244 g/mol. The molecule has 1 saturated heterocycles. The van der Waals surface area contributed by atoms with Crippen LogP contribution in [0.4, 0.5) is 4.79 Å². The number of alkyl halides is 1. The third kappa shape index (κ3) is 3.22. The second kappa shape index (κ2) is 5.00. The van der Waals surface area contributed by atoms with Gasteiger partial charge in [-0.05, 0) is 12.3 Å². The van der Waals surface area contributed by atoms with Gasteiger partial charge in [-0.1, -0.05) is 0 Å². The molecule has 0 aromatic heterocycles. The van der Waals surface area contributed by atoms with Gasteiger partial charge in [0.15, 0.2) is 0 Å². The Morgan fingerprint density at radius 1 is 1.67 bits per heavy atom. The molecule has 15 heavy (non-hydrogen) atoms. The molecule has 6 nitrogen and oxygen atoms in total. The van der Waals surface area contributed by atoms with Crippen molar-refractivity contribution in [1.29, 1.82) is 0 Å². The van der Waals surface area contributed by atoms with E-state index in [0.29, 0.717) is 25.4 Å². The van der Waals surface area contributed by atoms with Gasteiger partial charge in [-0.3, -0.25) is 0 Å². The molecular formula is C7H13ClN2O4S. The lowest BCUT2D eigenvalue weighted by Gasteiger charge is -2.15. The first-order chi connectivity index (χ1) is 6.99. The van der Waals surface area contributed by atoms with Gasteiger partial charge >= 0.3 is 16.3 Å². The van der Waals surface area contributed by atoms with Crippen LogP contribution in [-0.4, -0.2) is 44.9 Å². The third-order valence-corrected chi connectivity index (χ3v) is 4.08. The molecule has 1 unspecified atom stereocenters. The van der Waals surface area contributed by atoms with Crippen LogP contribution < -0.4 is 4.72 Å². The molecule has 0 radical (unpaired) electrons. The maximum atomic E-state index is 11.5. The average molecular weight is 257 g/mol. The van der Waals surface area contributed by atoms with Crippen molar-refractivity contribution in [3.05, 3.63) is 0 Å². The molecule has 0 aliphatic carbocycles. The van der Waals surface area contributed by atoms with E-state index in [1.165, 1.54) is 4.31 Å². The van der Waals surface area contributed by atoms with Crippen molar-refractivity contribution < 1.29 is 17.9 Å². The number of amides is 1. The summed E-state index contributed by atoms with van der Waals surface area (Å²) in [4.78, 5) is 10.8. The number of halogens is 1. The summed E-state index contributed by atoms with van der Waals surface area (Å²) in [5, 5.41) is 0. The fourth-order valence-corrected chi connectivity index (χ4v) is 2.78. The lowest BCUT2D eigenvalue weighted by Crippen LogP contribution is -2.42. The Morgan fingerprint density at radius 3 is 2.80 bits per heavy atom. The summed E-state index contributed by atoms with van der Waals surface area (Å²) in [7, 11) is -2.66. The number of rotatable bonds is 3. The van der Waals surface area contributed by atoms with E-state index in [2.05, 4.69) is 4.74 Å². The molecule has 1 fully saturated rings. The minimum Gasteiger partial charge on any atom is -0.452 e. The molecule has 0 saturated carbocycles. The molecule has 1 aliphatic rings. The lowest BCUT2D eigenvalue weighted by atomic mass is 10.2. The molecule has 1 heterocycles. The van der Waals surface area contributed by atoms with E-state index in [1.54, 1.807) is 4.72 Å². The van der Waals surface area contributed by atoms with Gasteiger partial charge in [0, 0.05) is 19.0 Å². The highest BCUT2D eigenvalue weighted by Crippen LogP contribution is 2.19. The van der Waals surface area contributed by atoms with Crippen LogP contribution in [0.2, 0.25) is 0 Å². The van der Waals surface area contributed by atoms with Crippen LogP contribution in [-0.2, 0) is 14.9 Å². The van der Waals surface area contributed by atoms with E-state index in [9.17, 15) is 13.2 Å². The highest BCUT2D eigenvalue weighted by atomic mass is 35.5. The minimum atomic E-state index is -3.76. The zero-order valence-corrected chi connectivity index (χ0v) is 9.84. The number of hydrogen-bond donors (Lipinski definition) is 1. The van der Waals surface area contributed by atoms with E-state index >= 15 is 0 Å². The molecule has 0 bridgehead atoms. The fourth-order valence-electron chi connectivity index (χ4n) is 1.35. The monoisotopic (exact) mass is 256 g/mol. The predicted octanol–water partition coefficient (Wildman–Crippen LogP) is 0.148. The molecule has 0 aromatic carbocycles. The third-order valence-electron chi connectivity index (χ3n) is 2.20. The summed E-state index contributed by atoms with van der Waals surface area (Å²) < 4.78 is 30.3. The van der Waals surface area contributed by atoms with E-state index in [1.807, 2.05) is 0 Å². The van der Waals surface area contributed by atoms with Gasteiger partial charge in [0.1, 0.15) is 0 Å². The first kappa shape index (κ1) is 12.5. The molecule has 1 atom stereocenters. The second-order valence-electron chi connectivity index (χ2n) is 3.27. The fraction of sp³-hybridized carbons (Fsp3) is 0.857. The smallest absolute Gasteiger partial charge is 0.421 e. The van der Waals surface area contributed by atoms with Crippen molar-refractivity contribution in [2.45, 2.75) is 6.42 Å². The Hall–Kier alpha value is -0.530. The zero-order chi connectivity index (χ0) is 11.5. The van der Waals surface area contributed by atoms with Crippen LogP contribution in [0.25, 0.3) is 0 Å². The Kier molecular flexibility index (Phi) is 4.18. The van der Waals surface area contributed by atoms with Gasteiger partial charge in [-0.2, -0.15) is 12.7 Å². The van der Waals surface area contributed by atoms with E-state index in [4.69, 9.17) is 11.6 Å². The van der Waals surface area contributed by atoms with Crippen molar-refractivity contribution in [2.24, 2.45) is 5.92 Å². The standard InChI is InChI=1S/C7H13ClN2O4S/c1-14-7(11)9-15(12,13)10-3-2-6(4-8)5-10/h6H,2-5H2,1H3,(H,9,11). The van der Waals surface area contributed by atoms with Gasteiger partial charge in [0.25, 0.3) is 0 Å². The quantitative estimate of drug-likeness (QED) is 0.730. The van der Waals surface area contributed by atoms with E-state index in [-0.39, 0.29) is 5.92 Å². The number of ether oxygens (including phenoxy) is 1. The predicted molar refractivity (Wildman–Crippen MR) is 54.9 cm³/mol. The zero-order valence-electron chi connectivity index (χ0n) is 8.27. The first-order valence-electron chi connectivity index (χ1n) is 4.41. The van der Waals surface area contributed by atoms with E-state index in [0.717, 1.165) is 7.11 Å². The summed E-state index contributed by atoms with van der Waals surface area (Å²) in [6.45, 7) is 0.722. The van der Waals surface area contributed by atoms with Crippen LogP contribution in [0.15, 0.2) is 0 Å². The van der Waals surface area contributed by atoms with Crippen LogP contribution >= 0.6 is 11.6 Å². The molecule has 88 valence electrons. The maximum Gasteiger partial charge on any atom is 0.421 e. The molecule has 1 amide bonds. The minimum absolute atomic E-state index is 0.154. The summed E-state index contributed by atoms with van der Waals surface area (Å²) in [5.41, 5.74) is 0. The molecule has 0 aromatic rings. The highest BCUT2D eigenvalue weighted by molar-refractivity contribution is 7.87. The SMILES string of the molecule is COC(=O)NS(=O)(=O)N1CCC(CCl)C1. The number of methoxy groups -OCH3 is 1. The van der Waals surface area contributed by atoms with Crippen molar-refractivity contribution in [1.82, 2.24) is 9.03 Å². The normalized spacial score (nSPS) is 22.7. The molecule has 8 heteroatoms. The summed E-state index contributed by atoms with van der Waals surface area (Å²) in [6, 6.07) is 0. The number of nitrogens with zero attached hydrogens (tertiary/aromatic N) is 1. The van der Waals surface area contributed by atoms with E-state index < -0.39 is 16.3 Å². The van der Waals surface area contributed by atoms with Gasteiger partial charge < -0.3 is 4.74 Å². The summed E-state index contributed by atoms with van der Waals surface area (Å²) in [5.74, 6) is 0.574. The van der Waals surface area contributed by atoms with Gasteiger partial charge in [-0.15, -0.1) is 11.6 Å². The van der Waals surface area contributed by atoms with Crippen molar-refractivity contribution in [2.75, 3.05) is 26.1 Å². The lowest BCUT2D eigenvalue weighted by molar-refractivity contribution is 0.177. The molecule has 1 N–H and O–H groups in total. The van der Waals surface area contributed by atoms with Crippen LogP contribution in [0.3, 0.4) is 0 Å². The number of carbonyl (C=O) groups excluding carboxylic acids is 1. The average Bonchev–Trinajstić information content (AvgIpc) is 2.65. The largest absolute Gasteiger partial charge is 0.452 e. The van der Waals surface area contributed by atoms with Crippen molar-refractivity contribution in [3.8, 4) is 0 Å². The van der Waals surface area contributed by atoms with Gasteiger partial charge in [-0.25, -0.2) is 9.52 Å². The number of carbonyl (C=O) groups is 1. The summed E-state index contributed by atoms with van der Waals surface area (Å²) in [6.07, 6.45) is -0.268. The maximum absolute atomic E-state index is 11.5. The van der Waals surface area contributed by atoms with Crippen molar-refractivity contribution in [3.63, 3.8) is 0 Å². The van der Waals surface area contributed by atoms with Crippen LogP contribution in [0.5, 0.6) is 0 Å².